The average Bonchev–Trinajstić information content (AvgIpc) is 3.98. The standard InChI is InChI=1S/C61H46N4/c1-61-41-13-12-24-60(61)65(59-23-11-6-18-54(59)61)49-39-35-46(36-40-49)62(45-33-37-48(38-34-45)64-57-21-9-4-16-52(57)53-17-5-10-22-58(53)64)44-29-25-42(26-30-44)43-27-31-47(32-28-43)63-55-19-7-2-14-50(55)51-15-3-8-20-56(51)63/h2-11,13-23,25-41,60H,12,24H2,1H3. The second-order valence-corrected chi connectivity index (χ2v) is 17.9. The van der Waals surface area contributed by atoms with Crippen molar-refractivity contribution in [3.8, 4) is 22.5 Å². The molecule has 0 spiro atoms. The van der Waals surface area contributed by atoms with Crippen LogP contribution in [-0.4, -0.2) is 15.2 Å². The van der Waals surface area contributed by atoms with Crippen LogP contribution in [0.3, 0.4) is 0 Å². The highest BCUT2D eigenvalue weighted by molar-refractivity contribution is 6.10. The molecular formula is C61H46N4. The lowest BCUT2D eigenvalue weighted by Gasteiger charge is -2.37. The zero-order valence-corrected chi connectivity index (χ0v) is 36.2. The number of hydrogen-bond donors (Lipinski definition) is 0. The van der Waals surface area contributed by atoms with Gasteiger partial charge in [-0.05, 0) is 140 Å². The molecule has 0 bridgehead atoms. The van der Waals surface area contributed by atoms with Crippen LogP contribution in [0.15, 0.2) is 231 Å². The Kier molecular flexibility index (Phi) is 8.51. The lowest BCUT2D eigenvalue weighted by Crippen LogP contribution is -2.41. The van der Waals surface area contributed by atoms with Gasteiger partial charge in [0.1, 0.15) is 0 Å². The molecule has 1 aliphatic heterocycles. The van der Waals surface area contributed by atoms with Gasteiger partial charge in [-0.15, -0.1) is 0 Å². The molecular weight excluding hydrogens is 789 g/mol. The maximum absolute atomic E-state index is 2.59. The third-order valence-corrected chi connectivity index (χ3v) is 14.3. The predicted molar refractivity (Wildman–Crippen MR) is 273 cm³/mol. The van der Waals surface area contributed by atoms with Crippen LogP contribution in [0.2, 0.25) is 0 Å². The molecule has 2 unspecified atom stereocenters. The molecule has 0 saturated heterocycles. The van der Waals surface area contributed by atoms with E-state index in [9.17, 15) is 0 Å². The Morgan fingerprint density at radius 3 is 1.29 bits per heavy atom. The fraction of sp³-hybridized carbons (Fsp3) is 0.0820. The van der Waals surface area contributed by atoms with Gasteiger partial charge in [0, 0.05) is 72.8 Å². The summed E-state index contributed by atoms with van der Waals surface area (Å²) < 4.78 is 4.76. The van der Waals surface area contributed by atoms with Crippen LogP contribution in [0.25, 0.3) is 66.1 Å². The van der Waals surface area contributed by atoms with Crippen LogP contribution >= 0.6 is 0 Å². The highest BCUT2D eigenvalue weighted by Crippen LogP contribution is 2.53. The van der Waals surface area contributed by atoms with E-state index in [1.807, 2.05) is 0 Å². The van der Waals surface area contributed by atoms with Gasteiger partial charge in [0.25, 0.3) is 0 Å². The van der Waals surface area contributed by atoms with Crippen LogP contribution in [0.4, 0.5) is 28.4 Å². The number of anilines is 5. The molecule has 0 radical (unpaired) electrons. The number of fused-ring (bicyclic) bond motifs is 9. The van der Waals surface area contributed by atoms with Crippen molar-refractivity contribution in [1.29, 1.82) is 0 Å². The topological polar surface area (TPSA) is 16.3 Å². The number of aromatic nitrogens is 2. The Labute approximate surface area is 379 Å². The van der Waals surface area contributed by atoms with Crippen molar-refractivity contribution in [2.45, 2.75) is 31.2 Å². The van der Waals surface area contributed by atoms with Crippen LogP contribution in [0.1, 0.15) is 25.3 Å². The highest BCUT2D eigenvalue weighted by Gasteiger charge is 2.47. The van der Waals surface area contributed by atoms with Gasteiger partial charge >= 0.3 is 0 Å². The van der Waals surface area contributed by atoms with Gasteiger partial charge in [-0.25, -0.2) is 0 Å². The van der Waals surface area contributed by atoms with E-state index in [0.717, 1.165) is 41.3 Å². The summed E-state index contributed by atoms with van der Waals surface area (Å²) in [6.45, 7) is 2.41. The molecule has 2 atom stereocenters. The summed E-state index contributed by atoms with van der Waals surface area (Å²) in [5.41, 5.74) is 16.8. The van der Waals surface area contributed by atoms with E-state index in [1.54, 1.807) is 0 Å². The van der Waals surface area contributed by atoms with Gasteiger partial charge < -0.3 is 18.9 Å². The maximum Gasteiger partial charge on any atom is 0.0541 e. The van der Waals surface area contributed by atoms with Gasteiger partial charge in [0.2, 0.25) is 0 Å². The molecule has 11 aromatic rings. The lowest BCUT2D eigenvalue weighted by atomic mass is 9.74. The Morgan fingerprint density at radius 1 is 0.415 bits per heavy atom. The van der Waals surface area contributed by atoms with E-state index in [4.69, 9.17) is 0 Å². The van der Waals surface area contributed by atoms with Gasteiger partial charge in [0.15, 0.2) is 0 Å². The van der Waals surface area contributed by atoms with Gasteiger partial charge in [-0.3, -0.25) is 0 Å². The van der Waals surface area contributed by atoms with E-state index in [1.165, 1.54) is 71.7 Å². The summed E-state index contributed by atoms with van der Waals surface area (Å²) in [4.78, 5) is 4.98. The number of nitrogens with zero attached hydrogens (tertiary/aromatic N) is 4. The number of allylic oxidation sites excluding steroid dienone is 1. The fourth-order valence-electron chi connectivity index (χ4n) is 11.3. The molecule has 4 heteroatoms. The Hall–Kier alpha value is -8.08. The molecule has 310 valence electrons. The first-order valence-corrected chi connectivity index (χ1v) is 22.9. The van der Waals surface area contributed by atoms with Crippen molar-refractivity contribution >= 4 is 72.0 Å². The predicted octanol–water partition coefficient (Wildman–Crippen LogP) is 16.1. The largest absolute Gasteiger partial charge is 0.337 e. The average molecular weight is 835 g/mol. The third-order valence-electron chi connectivity index (χ3n) is 14.3. The minimum absolute atomic E-state index is 0.00916. The second-order valence-electron chi connectivity index (χ2n) is 17.9. The van der Waals surface area contributed by atoms with E-state index >= 15 is 0 Å². The van der Waals surface area contributed by atoms with E-state index in [0.29, 0.717) is 6.04 Å². The summed E-state index contributed by atoms with van der Waals surface area (Å²) in [5.74, 6) is 0. The third kappa shape index (κ3) is 5.84. The van der Waals surface area contributed by atoms with Crippen molar-refractivity contribution in [3.05, 3.63) is 236 Å². The summed E-state index contributed by atoms with van der Waals surface area (Å²) in [5, 5.41) is 5.07. The fourth-order valence-corrected chi connectivity index (χ4v) is 11.3. The SMILES string of the molecule is CC12C=CCCC1N(c1ccc(N(c3ccc(-c4ccc(-n5c6ccccc6c6ccccc65)cc4)cc3)c3ccc(-n4c5ccccc5c5ccccc54)cc3)cc1)c1ccccc12. The molecule has 0 amide bonds. The van der Waals surface area contributed by atoms with E-state index in [2.05, 4.69) is 256 Å². The van der Waals surface area contributed by atoms with Crippen molar-refractivity contribution < 1.29 is 0 Å². The molecule has 2 aromatic heterocycles. The summed E-state index contributed by atoms with van der Waals surface area (Å²) >= 11 is 0. The number of rotatable bonds is 7. The molecule has 9 aromatic carbocycles. The van der Waals surface area contributed by atoms with Crippen LogP contribution in [0, 0.1) is 0 Å². The van der Waals surface area contributed by atoms with Crippen LogP contribution in [-0.2, 0) is 5.41 Å². The van der Waals surface area contributed by atoms with E-state index < -0.39 is 0 Å². The van der Waals surface area contributed by atoms with Crippen molar-refractivity contribution in [2.24, 2.45) is 0 Å². The zero-order chi connectivity index (χ0) is 43.1. The second kappa shape index (κ2) is 14.8. The number of hydrogen-bond acceptors (Lipinski definition) is 2. The smallest absolute Gasteiger partial charge is 0.0541 e. The summed E-state index contributed by atoms with van der Waals surface area (Å²) in [6, 6.07) is 80.5. The molecule has 1 aliphatic carbocycles. The van der Waals surface area contributed by atoms with Crippen molar-refractivity contribution in [1.82, 2.24) is 9.13 Å². The Morgan fingerprint density at radius 2 is 0.800 bits per heavy atom. The zero-order valence-electron chi connectivity index (χ0n) is 36.2. The van der Waals surface area contributed by atoms with Crippen molar-refractivity contribution in [3.63, 3.8) is 0 Å². The van der Waals surface area contributed by atoms with Gasteiger partial charge in [-0.2, -0.15) is 0 Å². The Balaban J connectivity index is 0.876. The lowest BCUT2D eigenvalue weighted by molar-refractivity contribution is 0.441. The first-order chi connectivity index (χ1) is 32.1. The van der Waals surface area contributed by atoms with Gasteiger partial charge in [-0.1, -0.05) is 127 Å². The Bertz CT molecular complexity index is 3510. The highest BCUT2D eigenvalue weighted by atomic mass is 15.2. The minimum Gasteiger partial charge on any atom is -0.337 e. The van der Waals surface area contributed by atoms with Gasteiger partial charge in [0.05, 0.1) is 22.1 Å². The molecule has 0 N–H and O–H groups in total. The summed E-state index contributed by atoms with van der Waals surface area (Å²) in [7, 11) is 0. The molecule has 13 rings (SSSR count). The van der Waals surface area contributed by atoms with Crippen LogP contribution < -0.4 is 9.80 Å². The van der Waals surface area contributed by atoms with E-state index in [-0.39, 0.29) is 5.41 Å². The molecule has 4 nitrogen and oxygen atoms in total. The molecule has 3 heterocycles. The maximum atomic E-state index is 2.59. The van der Waals surface area contributed by atoms with Crippen LogP contribution in [0.5, 0.6) is 0 Å². The molecule has 65 heavy (non-hydrogen) atoms. The van der Waals surface area contributed by atoms with Crippen molar-refractivity contribution in [2.75, 3.05) is 9.80 Å². The molecule has 0 saturated carbocycles. The molecule has 2 aliphatic rings. The first-order valence-electron chi connectivity index (χ1n) is 22.9. The minimum atomic E-state index is -0.00916. The number of benzene rings is 9. The molecule has 0 fully saturated rings. The normalized spacial score (nSPS) is 16.7. The first kappa shape index (κ1) is 37.5. The monoisotopic (exact) mass is 834 g/mol. The number of para-hydroxylation sites is 5. The summed E-state index contributed by atoms with van der Waals surface area (Å²) in [6.07, 6.45) is 7.05. The quantitative estimate of drug-likeness (QED) is 0.149.